The predicted octanol–water partition coefficient (Wildman–Crippen LogP) is 1.94. The summed E-state index contributed by atoms with van der Waals surface area (Å²) < 4.78 is 0. The number of hydrogen-bond donors (Lipinski definition) is 1. The SMILES string of the molecule is CCC1CCCCN1C(=O)NCCC(C)=O. The maximum Gasteiger partial charge on any atom is 0.317 e. The fraction of sp³-hybridized carbons (Fsp3) is 0.833. The van der Waals surface area contributed by atoms with Crippen LogP contribution in [0.4, 0.5) is 4.79 Å². The van der Waals surface area contributed by atoms with Gasteiger partial charge >= 0.3 is 6.03 Å². The Balaban J connectivity index is 2.35. The fourth-order valence-corrected chi connectivity index (χ4v) is 2.14. The molecule has 1 heterocycles. The van der Waals surface area contributed by atoms with Gasteiger partial charge in [0.25, 0.3) is 0 Å². The third-order valence-electron chi connectivity index (χ3n) is 3.11. The molecule has 16 heavy (non-hydrogen) atoms. The average molecular weight is 226 g/mol. The van der Waals surface area contributed by atoms with Gasteiger partial charge in [-0.15, -0.1) is 0 Å². The minimum atomic E-state index is -0.00667. The van der Waals surface area contributed by atoms with Gasteiger partial charge in [0, 0.05) is 25.6 Å². The molecule has 0 bridgehead atoms. The Morgan fingerprint density at radius 2 is 2.12 bits per heavy atom. The highest BCUT2D eigenvalue weighted by atomic mass is 16.2. The molecule has 4 nitrogen and oxygen atoms in total. The van der Waals surface area contributed by atoms with Crippen molar-refractivity contribution in [1.29, 1.82) is 0 Å². The topological polar surface area (TPSA) is 49.4 Å². The van der Waals surface area contributed by atoms with E-state index in [0.29, 0.717) is 19.0 Å². The van der Waals surface area contributed by atoms with Crippen molar-refractivity contribution < 1.29 is 9.59 Å². The van der Waals surface area contributed by atoms with Crippen molar-refractivity contribution in [3.8, 4) is 0 Å². The van der Waals surface area contributed by atoms with Crippen molar-refractivity contribution in [2.75, 3.05) is 13.1 Å². The molecule has 1 unspecified atom stereocenters. The smallest absolute Gasteiger partial charge is 0.317 e. The second-order valence-corrected chi connectivity index (χ2v) is 4.44. The maximum absolute atomic E-state index is 11.9. The van der Waals surface area contributed by atoms with Gasteiger partial charge in [0.2, 0.25) is 0 Å². The number of nitrogens with one attached hydrogen (secondary N) is 1. The summed E-state index contributed by atoms with van der Waals surface area (Å²) >= 11 is 0. The molecule has 1 rings (SSSR count). The van der Waals surface area contributed by atoms with E-state index in [1.165, 1.54) is 6.42 Å². The summed E-state index contributed by atoms with van der Waals surface area (Å²) in [5.41, 5.74) is 0. The first-order valence-corrected chi connectivity index (χ1v) is 6.19. The van der Waals surface area contributed by atoms with Gasteiger partial charge in [0.05, 0.1) is 0 Å². The lowest BCUT2D eigenvalue weighted by molar-refractivity contribution is -0.116. The number of nitrogens with zero attached hydrogens (tertiary/aromatic N) is 1. The first kappa shape index (κ1) is 13.0. The molecule has 0 aliphatic carbocycles. The molecule has 0 radical (unpaired) electrons. The molecule has 0 spiro atoms. The van der Waals surface area contributed by atoms with Gasteiger partial charge in [-0.2, -0.15) is 0 Å². The highest BCUT2D eigenvalue weighted by Gasteiger charge is 2.24. The maximum atomic E-state index is 11.9. The highest BCUT2D eigenvalue weighted by molar-refractivity contribution is 5.78. The van der Waals surface area contributed by atoms with Crippen LogP contribution in [0, 0.1) is 0 Å². The van der Waals surface area contributed by atoms with Gasteiger partial charge in [-0.05, 0) is 32.6 Å². The zero-order chi connectivity index (χ0) is 12.0. The molecular weight excluding hydrogens is 204 g/mol. The lowest BCUT2D eigenvalue weighted by atomic mass is 10.0. The van der Waals surface area contributed by atoms with E-state index >= 15 is 0 Å². The van der Waals surface area contributed by atoms with E-state index in [-0.39, 0.29) is 11.8 Å². The van der Waals surface area contributed by atoms with Crippen molar-refractivity contribution in [3.63, 3.8) is 0 Å². The lowest BCUT2D eigenvalue weighted by Crippen LogP contribution is -2.48. The van der Waals surface area contributed by atoms with Crippen LogP contribution in [0.15, 0.2) is 0 Å². The molecule has 1 N–H and O–H groups in total. The first-order valence-electron chi connectivity index (χ1n) is 6.19. The van der Waals surface area contributed by atoms with Crippen molar-refractivity contribution in [2.24, 2.45) is 0 Å². The Morgan fingerprint density at radius 1 is 1.38 bits per heavy atom. The molecule has 1 aliphatic heterocycles. The number of carbonyl (C=O) groups is 2. The average Bonchev–Trinajstić information content (AvgIpc) is 2.28. The van der Waals surface area contributed by atoms with Gasteiger partial charge in [-0.25, -0.2) is 4.79 Å². The fourth-order valence-electron chi connectivity index (χ4n) is 2.14. The molecule has 0 aromatic carbocycles. The number of amides is 2. The van der Waals surface area contributed by atoms with Crippen LogP contribution < -0.4 is 5.32 Å². The van der Waals surface area contributed by atoms with E-state index in [1.54, 1.807) is 6.92 Å². The second-order valence-electron chi connectivity index (χ2n) is 4.44. The summed E-state index contributed by atoms with van der Waals surface area (Å²) in [4.78, 5) is 24.5. The summed E-state index contributed by atoms with van der Waals surface area (Å²) in [5.74, 6) is 0.117. The number of ketones is 1. The van der Waals surface area contributed by atoms with Crippen molar-refractivity contribution in [1.82, 2.24) is 10.2 Å². The number of piperidine rings is 1. The molecule has 0 saturated carbocycles. The molecule has 2 amide bonds. The van der Waals surface area contributed by atoms with Crippen LogP contribution in [0.5, 0.6) is 0 Å². The van der Waals surface area contributed by atoms with Crippen molar-refractivity contribution in [2.45, 2.75) is 52.0 Å². The van der Waals surface area contributed by atoms with Gasteiger partial charge in [0.15, 0.2) is 0 Å². The second kappa shape index (κ2) is 6.51. The normalized spacial score (nSPS) is 20.6. The lowest BCUT2D eigenvalue weighted by Gasteiger charge is -2.35. The van der Waals surface area contributed by atoms with Crippen LogP contribution in [0.3, 0.4) is 0 Å². The van der Waals surface area contributed by atoms with Gasteiger partial charge in [-0.1, -0.05) is 6.92 Å². The molecule has 1 aliphatic rings. The monoisotopic (exact) mass is 226 g/mol. The molecule has 92 valence electrons. The van der Waals surface area contributed by atoms with E-state index in [9.17, 15) is 9.59 Å². The Morgan fingerprint density at radius 3 is 2.75 bits per heavy atom. The molecule has 1 atom stereocenters. The van der Waals surface area contributed by atoms with Gasteiger partial charge < -0.3 is 10.2 Å². The van der Waals surface area contributed by atoms with E-state index < -0.39 is 0 Å². The van der Waals surface area contributed by atoms with Crippen LogP contribution in [0.1, 0.15) is 46.0 Å². The highest BCUT2D eigenvalue weighted by Crippen LogP contribution is 2.19. The zero-order valence-corrected chi connectivity index (χ0v) is 10.3. The predicted molar refractivity (Wildman–Crippen MR) is 63.3 cm³/mol. The standard InChI is InChI=1S/C12H22N2O2/c1-3-11-6-4-5-9-14(11)12(16)13-8-7-10(2)15/h11H,3-9H2,1-2H3,(H,13,16). The zero-order valence-electron chi connectivity index (χ0n) is 10.3. The van der Waals surface area contributed by atoms with Crippen LogP contribution in [0.25, 0.3) is 0 Å². The number of carbonyl (C=O) groups excluding carboxylic acids is 2. The van der Waals surface area contributed by atoms with E-state index in [4.69, 9.17) is 0 Å². The van der Waals surface area contributed by atoms with Crippen LogP contribution >= 0.6 is 0 Å². The Hall–Kier alpha value is -1.06. The molecule has 0 aromatic heterocycles. The summed E-state index contributed by atoms with van der Waals surface area (Å²) in [7, 11) is 0. The molecule has 4 heteroatoms. The molecule has 1 saturated heterocycles. The molecule has 0 aromatic rings. The third kappa shape index (κ3) is 3.83. The number of Topliss-reactive ketones (excluding diaryl/α,β-unsaturated/α-hetero) is 1. The third-order valence-corrected chi connectivity index (χ3v) is 3.11. The van der Waals surface area contributed by atoms with Crippen LogP contribution in [-0.2, 0) is 4.79 Å². The Kier molecular flexibility index (Phi) is 5.29. The minimum Gasteiger partial charge on any atom is -0.338 e. The van der Waals surface area contributed by atoms with E-state index in [2.05, 4.69) is 12.2 Å². The summed E-state index contributed by atoms with van der Waals surface area (Å²) in [6, 6.07) is 0.374. The molecule has 1 fully saturated rings. The number of likely N-dealkylation sites (tertiary alicyclic amines) is 1. The Bertz CT molecular complexity index is 253. The number of urea groups is 1. The molecular formula is C12H22N2O2. The largest absolute Gasteiger partial charge is 0.338 e. The number of rotatable bonds is 4. The Labute approximate surface area is 97.4 Å². The van der Waals surface area contributed by atoms with E-state index in [1.807, 2.05) is 4.90 Å². The van der Waals surface area contributed by atoms with E-state index in [0.717, 1.165) is 25.8 Å². The first-order chi connectivity index (χ1) is 7.65. The number of hydrogen-bond acceptors (Lipinski definition) is 2. The minimum absolute atomic E-state index is 0.00667. The van der Waals surface area contributed by atoms with Crippen molar-refractivity contribution in [3.05, 3.63) is 0 Å². The van der Waals surface area contributed by atoms with Gasteiger partial charge in [0.1, 0.15) is 5.78 Å². The van der Waals surface area contributed by atoms with Crippen LogP contribution in [0.2, 0.25) is 0 Å². The van der Waals surface area contributed by atoms with Crippen molar-refractivity contribution >= 4 is 11.8 Å². The summed E-state index contributed by atoms with van der Waals surface area (Å²) in [6.45, 7) is 4.97. The van der Waals surface area contributed by atoms with Crippen LogP contribution in [-0.4, -0.2) is 35.8 Å². The summed E-state index contributed by atoms with van der Waals surface area (Å²) in [5, 5.41) is 2.81. The summed E-state index contributed by atoms with van der Waals surface area (Å²) in [6.07, 6.45) is 4.86. The quantitative estimate of drug-likeness (QED) is 0.796. The van der Waals surface area contributed by atoms with Gasteiger partial charge in [-0.3, -0.25) is 4.79 Å².